The SMILES string of the molecule is Cn1cccc1[C@H]1COCCN1C(=O)c1ccc(F)c(F)c1F. The van der Waals surface area contributed by atoms with Crippen molar-refractivity contribution in [1.82, 2.24) is 9.47 Å². The zero-order valence-electron chi connectivity index (χ0n) is 12.4. The van der Waals surface area contributed by atoms with Gasteiger partial charge in [0.2, 0.25) is 0 Å². The Morgan fingerprint density at radius 3 is 2.70 bits per heavy atom. The number of rotatable bonds is 2. The van der Waals surface area contributed by atoms with E-state index < -0.39 is 35.0 Å². The molecule has 0 N–H and O–H groups in total. The molecule has 1 aromatic heterocycles. The summed E-state index contributed by atoms with van der Waals surface area (Å²) < 4.78 is 47.6. The predicted molar refractivity (Wildman–Crippen MR) is 76.3 cm³/mol. The molecule has 3 rings (SSSR count). The third-order valence-corrected chi connectivity index (χ3v) is 3.98. The number of halogens is 3. The number of carbonyl (C=O) groups excluding carboxylic acids is 1. The van der Waals surface area contributed by atoms with Crippen molar-refractivity contribution in [2.45, 2.75) is 6.04 Å². The van der Waals surface area contributed by atoms with Crippen LogP contribution in [0.25, 0.3) is 0 Å². The van der Waals surface area contributed by atoms with Crippen LogP contribution in [0.3, 0.4) is 0 Å². The standard InChI is InChI=1S/C16H15F3N2O2/c1-20-6-2-3-12(20)13-9-23-8-7-21(13)16(22)10-4-5-11(17)15(19)14(10)18/h2-6,13H,7-9H2,1H3/t13-/m1/s1. The summed E-state index contributed by atoms with van der Waals surface area (Å²) in [7, 11) is 1.82. The molecule has 1 fully saturated rings. The fourth-order valence-electron chi connectivity index (χ4n) is 2.76. The van der Waals surface area contributed by atoms with Gasteiger partial charge < -0.3 is 14.2 Å². The van der Waals surface area contributed by atoms with E-state index >= 15 is 0 Å². The van der Waals surface area contributed by atoms with Crippen LogP contribution >= 0.6 is 0 Å². The van der Waals surface area contributed by atoms with E-state index in [9.17, 15) is 18.0 Å². The second-order valence-electron chi connectivity index (χ2n) is 5.36. The van der Waals surface area contributed by atoms with Crippen molar-refractivity contribution >= 4 is 5.91 Å². The van der Waals surface area contributed by atoms with Gasteiger partial charge in [0, 0.05) is 25.5 Å². The molecule has 0 bridgehead atoms. The molecule has 0 radical (unpaired) electrons. The molecule has 0 unspecified atom stereocenters. The number of hydrogen-bond acceptors (Lipinski definition) is 2. The van der Waals surface area contributed by atoms with E-state index in [1.165, 1.54) is 4.90 Å². The maximum atomic E-state index is 13.9. The monoisotopic (exact) mass is 324 g/mol. The maximum absolute atomic E-state index is 13.9. The van der Waals surface area contributed by atoms with Crippen molar-refractivity contribution in [2.75, 3.05) is 19.8 Å². The van der Waals surface area contributed by atoms with E-state index in [0.717, 1.165) is 17.8 Å². The van der Waals surface area contributed by atoms with Gasteiger partial charge in [0.1, 0.15) is 0 Å². The fraction of sp³-hybridized carbons (Fsp3) is 0.312. The first-order chi connectivity index (χ1) is 11.0. The highest BCUT2D eigenvalue weighted by Gasteiger charge is 2.32. The van der Waals surface area contributed by atoms with Crippen LogP contribution in [0.15, 0.2) is 30.5 Å². The molecule has 4 nitrogen and oxygen atoms in total. The van der Waals surface area contributed by atoms with Crippen LogP contribution in [0.4, 0.5) is 13.2 Å². The molecule has 1 amide bonds. The zero-order chi connectivity index (χ0) is 16.6. The highest BCUT2D eigenvalue weighted by molar-refractivity contribution is 5.94. The molecule has 1 aromatic carbocycles. The van der Waals surface area contributed by atoms with Crippen molar-refractivity contribution in [3.8, 4) is 0 Å². The minimum Gasteiger partial charge on any atom is -0.377 e. The molecule has 1 aliphatic rings. The number of hydrogen-bond donors (Lipinski definition) is 0. The van der Waals surface area contributed by atoms with Crippen LogP contribution in [0.2, 0.25) is 0 Å². The molecule has 2 aromatic rings. The summed E-state index contributed by atoms with van der Waals surface area (Å²) in [5.74, 6) is -5.11. The van der Waals surface area contributed by atoms with Gasteiger partial charge in [-0.25, -0.2) is 13.2 Å². The van der Waals surface area contributed by atoms with Gasteiger partial charge in [-0.2, -0.15) is 0 Å². The van der Waals surface area contributed by atoms with Crippen molar-refractivity contribution in [3.63, 3.8) is 0 Å². The molecule has 1 saturated heterocycles. The lowest BCUT2D eigenvalue weighted by Crippen LogP contribution is -2.44. The molecule has 0 aliphatic carbocycles. The lowest BCUT2D eigenvalue weighted by atomic mass is 10.1. The van der Waals surface area contributed by atoms with Crippen LogP contribution in [0.5, 0.6) is 0 Å². The second kappa shape index (κ2) is 6.08. The third kappa shape index (κ3) is 2.72. The summed E-state index contributed by atoms with van der Waals surface area (Å²) in [6.45, 7) is 0.806. The molecule has 1 atom stereocenters. The highest BCUT2D eigenvalue weighted by Crippen LogP contribution is 2.27. The molecule has 23 heavy (non-hydrogen) atoms. The van der Waals surface area contributed by atoms with Gasteiger partial charge in [0.15, 0.2) is 17.5 Å². The lowest BCUT2D eigenvalue weighted by Gasteiger charge is -2.36. The number of aromatic nitrogens is 1. The third-order valence-electron chi connectivity index (χ3n) is 3.98. The van der Waals surface area contributed by atoms with Crippen molar-refractivity contribution in [3.05, 3.63) is 59.2 Å². The summed E-state index contributed by atoms with van der Waals surface area (Å²) in [6.07, 6.45) is 1.82. The van der Waals surface area contributed by atoms with Crippen LogP contribution in [0.1, 0.15) is 22.1 Å². The summed E-state index contributed by atoms with van der Waals surface area (Å²) in [5.41, 5.74) is 0.339. The van der Waals surface area contributed by atoms with Gasteiger partial charge >= 0.3 is 0 Å². The van der Waals surface area contributed by atoms with Gasteiger partial charge in [-0.15, -0.1) is 0 Å². The van der Waals surface area contributed by atoms with E-state index in [2.05, 4.69) is 0 Å². The maximum Gasteiger partial charge on any atom is 0.257 e. The molecule has 2 heterocycles. The summed E-state index contributed by atoms with van der Waals surface area (Å²) in [4.78, 5) is 14.1. The first kappa shape index (κ1) is 15.6. The normalized spacial score (nSPS) is 18.3. The first-order valence-corrected chi connectivity index (χ1v) is 7.14. The highest BCUT2D eigenvalue weighted by atomic mass is 19.2. The summed E-state index contributed by atoms with van der Waals surface area (Å²) >= 11 is 0. The molecular weight excluding hydrogens is 309 g/mol. The number of carbonyl (C=O) groups is 1. The molecular formula is C16H15F3N2O2. The average molecular weight is 324 g/mol. The number of nitrogens with zero attached hydrogens (tertiary/aromatic N) is 2. The predicted octanol–water partition coefficient (Wildman–Crippen LogP) is 2.66. The summed E-state index contributed by atoms with van der Waals surface area (Å²) in [5, 5.41) is 0. The smallest absolute Gasteiger partial charge is 0.257 e. The van der Waals surface area contributed by atoms with E-state index in [1.54, 1.807) is 0 Å². The first-order valence-electron chi connectivity index (χ1n) is 7.14. The molecule has 7 heteroatoms. The molecule has 0 spiro atoms. The largest absolute Gasteiger partial charge is 0.377 e. The Labute approximate surface area is 131 Å². The van der Waals surface area contributed by atoms with Crippen LogP contribution in [0, 0.1) is 17.5 Å². The van der Waals surface area contributed by atoms with Crippen LogP contribution < -0.4 is 0 Å². The Hall–Kier alpha value is -2.28. The fourth-order valence-corrected chi connectivity index (χ4v) is 2.76. The van der Waals surface area contributed by atoms with Crippen molar-refractivity contribution in [2.24, 2.45) is 7.05 Å². The van der Waals surface area contributed by atoms with Gasteiger partial charge in [0.05, 0.1) is 24.8 Å². The zero-order valence-corrected chi connectivity index (χ0v) is 12.4. The Bertz CT molecular complexity index is 745. The molecule has 0 saturated carbocycles. The number of morpholine rings is 1. The van der Waals surface area contributed by atoms with Gasteiger partial charge in [-0.3, -0.25) is 4.79 Å². The average Bonchev–Trinajstić information content (AvgIpc) is 2.98. The molecule has 1 aliphatic heterocycles. The topological polar surface area (TPSA) is 34.5 Å². The van der Waals surface area contributed by atoms with Gasteiger partial charge in [-0.1, -0.05) is 0 Å². The number of aryl methyl sites for hydroxylation is 1. The molecule has 122 valence electrons. The number of amides is 1. The van der Waals surface area contributed by atoms with E-state index in [-0.39, 0.29) is 13.2 Å². The van der Waals surface area contributed by atoms with Gasteiger partial charge in [0.25, 0.3) is 5.91 Å². The van der Waals surface area contributed by atoms with Crippen LogP contribution in [-0.2, 0) is 11.8 Å². The van der Waals surface area contributed by atoms with E-state index in [1.807, 2.05) is 29.9 Å². The number of benzene rings is 1. The van der Waals surface area contributed by atoms with Gasteiger partial charge in [-0.05, 0) is 24.3 Å². The second-order valence-corrected chi connectivity index (χ2v) is 5.36. The lowest BCUT2D eigenvalue weighted by molar-refractivity contribution is -0.00492. The quantitative estimate of drug-likeness (QED) is 0.796. The Kier molecular flexibility index (Phi) is 4.12. The van der Waals surface area contributed by atoms with E-state index in [4.69, 9.17) is 4.74 Å². The Morgan fingerprint density at radius 1 is 1.22 bits per heavy atom. The van der Waals surface area contributed by atoms with Crippen molar-refractivity contribution < 1.29 is 22.7 Å². The van der Waals surface area contributed by atoms with Crippen LogP contribution in [-0.4, -0.2) is 35.1 Å². The Balaban J connectivity index is 1.97. The van der Waals surface area contributed by atoms with E-state index in [0.29, 0.717) is 6.61 Å². The van der Waals surface area contributed by atoms with Crippen molar-refractivity contribution in [1.29, 1.82) is 0 Å². The Morgan fingerprint density at radius 2 is 2.00 bits per heavy atom. The number of ether oxygens (including phenoxy) is 1. The minimum atomic E-state index is -1.64. The summed E-state index contributed by atoms with van der Waals surface area (Å²) in [6, 6.07) is 4.96. The minimum absolute atomic E-state index is 0.243.